The molecule has 150 heavy (non-hydrogen) atoms. The molecule has 0 unspecified atom stereocenters. The van der Waals surface area contributed by atoms with Crippen molar-refractivity contribution in [3.8, 4) is 184 Å². The molecule has 0 bridgehead atoms. The van der Waals surface area contributed by atoms with E-state index < -0.39 is 28.9 Å². The minimum atomic E-state index is -5.95. The van der Waals surface area contributed by atoms with Gasteiger partial charge in [-0.2, -0.15) is 26.3 Å². The first kappa shape index (κ1) is 91.0. The van der Waals surface area contributed by atoms with Gasteiger partial charge in [0.1, 0.15) is 0 Å². The van der Waals surface area contributed by atoms with E-state index in [1.54, 1.807) is 0 Å². The van der Waals surface area contributed by atoms with E-state index in [4.69, 9.17) is 0 Å². The van der Waals surface area contributed by atoms with Crippen molar-refractivity contribution in [3.63, 3.8) is 0 Å². The third kappa shape index (κ3) is 16.1. The summed E-state index contributed by atoms with van der Waals surface area (Å²) in [6.07, 6.45) is -11.9. The van der Waals surface area contributed by atoms with Crippen LogP contribution in [0, 0.1) is 0 Å². The van der Waals surface area contributed by atoms with Crippen molar-refractivity contribution in [1.82, 2.24) is 13.7 Å². The predicted molar refractivity (Wildman–Crippen MR) is 610 cm³/mol. The fourth-order valence-corrected chi connectivity index (χ4v) is 22.8. The minimum Gasteiger partial charge on any atom is -0.308 e. The number of hydrogen-bond acceptors (Lipinski definition) is 0. The fourth-order valence-electron chi connectivity index (χ4n) is 22.8. The molecule has 0 N–H and O–H groups in total. The zero-order valence-corrected chi connectivity index (χ0v) is 81.1. The van der Waals surface area contributed by atoms with Crippen molar-refractivity contribution < 1.29 is 26.3 Å². The zero-order valence-electron chi connectivity index (χ0n) is 81.1. The molecule has 3 heterocycles. The summed E-state index contributed by atoms with van der Waals surface area (Å²) in [5.41, 5.74) is 29.5. The van der Waals surface area contributed by atoms with Crippen LogP contribution in [0.15, 0.2) is 552 Å². The molecule has 26 rings (SSSR count). The molecule has 712 valence electrons. The summed E-state index contributed by atoms with van der Waals surface area (Å²) in [5.74, 6) is 0. The summed E-state index contributed by atoms with van der Waals surface area (Å²) in [5, 5.41) is 5.53. The molecule has 26 aromatic rings. The standard InChI is InChI=1S/C141H91F6N3/c142-140(143,144)139(141(145,146)147,116-72-76-119(77-73-116)149-134-121(104-44-22-6-23-45-104)80-110(94-38-16-3-17-39-94)86-127(134)128-87-111(95-40-18-4-19-41-95)81-122(135(128)149)105-46-24-7-25-47-105)117-74-78-120(79-75-117)150-136-123(106-48-26-8-27-49-106)82-112(96-42-20-5-21-43-96)88-129(136)131-90-114(84-125(137(131)150)108-52-30-10-31-53-108)103-66-60-99(61-67-103)100-68-70-109(71-69-100)126-85-115(102-64-58-98(59-65-102)93-36-14-2-15-37-93)91-132-130-89-113(101-62-56-97(57-63-101)92-34-12-1-13-35-92)83-124(107-50-28-9-29-51-107)133(130)148(138(126)132)118-54-32-11-33-55-118/h1-91H. The maximum Gasteiger partial charge on any atom is 0.411 e. The average Bonchev–Trinajstić information content (AvgIpc) is 1.49. The van der Waals surface area contributed by atoms with E-state index in [0.29, 0.717) is 22.4 Å². The molecule has 0 saturated heterocycles. The number of hydrogen-bond donors (Lipinski definition) is 0. The van der Waals surface area contributed by atoms with Gasteiger partial charge in [-0.1, -0.05) is 443 Å². The van der Waals surface area contributed by atoms with E-state index in [1.807, 2.05) is 191 Å². The molecule has 3 nitrogen and oxygen atoms in total. The Hall–Kier alpha value is -19.0. The van der Waals surface area contributed by atoms with E-state index in [0.717, 1.165) is 251 Å². The Labute approximate surface area is 864 Å². The first-order chi connectivity index (χ1) is 73.7. The number of rotatable bonds is 20. The summed E-state index contributed by atoms with van der Waals surface area (Å²) in [6.45, 7) is 0. The molecule has 0 amide bonds. The SMILES string of the molecule is FC(F)(F)C(c1ccc(-n2c3c(-c4ccccc4)cc(-c4ccccc4)cc3c3cc(-c4ccccc4)cc(-c4ccccc4)c32)cc1)(c1ccc(-n2c3c(-c4ccccc4)cc(-c4ccccc4)cc3c3cc(-c4ccc(-c5ccc(-c6cc(-c7ccc(-c8ccccc8)cc7)cc7c8cc(-c9ccc(-c%10ccccc%10)cc9)cc(-c9ccccc9)c8n(-c8ccccc8)c67)cc5)cc4)cc(-c4ccccc4)c32)cc1)C(F)(F)F. The number of nitrogens with zero attached hydrogens (tertiary/aromatic N) is 3. The number of benzene rings is 23. The lowest BCUT2D eigenvalue weighted by atomic mass is 9.73. The maximum atomic E-state index is 17.3. The number of alkyl halides is 6. The van der Waals surface area contributed by atoms with Gasteiger partial charge in [-0.3, -0.25) is 0 Å². The minimum absolute atomic E-state index is 0.343. The molecule has 3 aromatic heterocycles. The van der Waals surface area contributed by atoms with Crippen LogP contribution in [0.5, 0.6) is 0 Å². The molecule has 0 saturated carbocycles. The van der Waals surface area contributed by atoms with Gasteiger partial charge < -0.3 is 13.7 Å². The molecule has 0 radical (unpaired) electrons. The number of fused-ring (bicyclic) bond motifs is 9. The van der Waals surface area contributed by atoms with Gasteiger partial charge in [0.2, 0.25) is 5.41 Å². The predicted octanol–water partition coefficient (Wildman–Crippen LogP) is 39.4. The highest BCUT2D eigenvalue weighted by Gasteiger charge is 2.72. The monoisotopic (exact) mass is 1940 g/mol. The van der Waals surface area contributed by atoms with E-state index in [1.165, 1.54) is 24.3 Å². The molecule has 0 aliphatic carbocycles. The molecule has 0 spiro atoms. The summed E-state index contributed by atoms with van der Waals surface area (Å²) in [4.78, 5) is 0. The van der Waals surface area contributed by atoms with Crippen molar-refractivity contribution in [3.05, 3.63) is 563 Å². The lowest BCUT2D eigenvalue weighted by molar-refractivity contribution is -0.288. The van der Waals surface area contributed by atoms with Crippen LogP contribution >= 0.6 is 0 Å². The van der Waals surface area contributed by atoms with E-state index in [2.05, 4.69) is 326 Å². The number of aromatic nitrogens is 3. The van der Waals surface area contributed by atoms with E-state index in [-0.39, 0.29) is 0 Å². The van der Waals surface area contributed by atoms with Crippen molar-refractivity contribution >= 4 is 65.4 Å². The molecule has 0 aliphatic heterocycles. The van der Waals surface area contributed by atoms with Crippen molar-refractivity contribution in [2.45, 2.75) is 17.8 Å². The molecule has 23 aromatic carbocycles. The Morgan fingerprint density at radius 3 is 0.433 bits per heavy atom. The average molecular weight is 1940 g/mol. The van der Waals surface area contributed by atoms with Crippen LogP contribution in [0.2, 0.25) is 0 Å². The molecule has 9 heteroatoms. The third-order valence-corrected chi connectivity index (χ3v) is 30.0. The maximum absolute atomic E-state index is 17.3. The fraction of sp³-hybridized carbons (Fsp3) is 0.0213. The van der Waals surface area contributed by atoms with Crippen molar-refractivity contribution in [1.29, 1.82) is 0 Å². The second kappa shape index (κ2) is 37.6. The van der Waals surface area contributed by atoms with Crippen LogP contribution in [0.25, 0.3) is 249 Å². The van der Waals surface area contributed by atoms with Gasteiger partial charge in [0.05, 0.1) is 33.1 Å². The Balaban J connectivity index is 0.619. The van der Waals surface area contributed by atoms with E-state index in [9.17, 15) is 0 Å². The van der Waals surface area contributed by atoms with Gasteiger partial charge in [0, 0.05) is 82.8 Å². The van der Waals surface area contributed by atoms with Gasteiger partial charge in [-0.15, -0.1) is 0 Å². The molecular formula is C141H91F6N3. The van der Waals surface area contributed by atoms with Crippen molar-refractivity contribution in [2.75, 3.05) is 0 Å². The quantitative estimate of drug-likeness (QED) is 0.0676. The Morgan fingerprint density at radius 2 is 0.253 bits per heavy atom. The van der Waals surface area contributed by atoms with Crippen LogP contribution < -0.4 is 0 Å². The summed E-state index contributed by atoms with van der Waals surface area (Å²) in [6, 6.07) is 185. The molecule has 0 fully saturated rings. The summed E-state index contributed by atoms with van der Waals surface area (Å²) >= 11 is 0. The second-order valence-corrected chi connectivity index (χ2v) is 38.7. The smallest absolute Gasteiger partial charge is 0.308 e. The zero-order chi connectivity index (χ0) is 101. The van der Waals surface area contributed by atoms with Crippen LogP contribution in [0.1, 0.15) is 11.1 Å². The first-order valence-electron chi connectivity index (χ1n) is 50.5. The van der Waals surface area contributed by atoms with Gasteiger partial charge in [0.15, 0.2) is 0 Å². The topological polar surface area (TPSA) is 14.8 Å². The normalized spacial score (nSPS) is 11.9. The van der Waals surface area contributed by atoms with Gasteiger partial charge in [-0.05, 0) is 254 Å². The van der Waals surface area contributed by atoms with Gasteiger partial charge in [0.25, 0.3) is 0 Å². The van der Waals surface area contributed by atoms with Crippen molar-refractivity contribution in [2.24, 2.45) is 0 Å². The van der Waals surface area contributed by atoms with Gasteiger partial charge in [-0.25, -0.2) is 0 Å². The summed E-state index contributed by atoms with van der Waals surface area (Å²) < 4.78 is 110. The van der Waals surface area contributed by atoms with Crippen LogP contribution in [-0.2, 0) is 5.41 Å². The highest BCUT2D eigenvalue weighted by molar-refractivity contribution is 6.23. The largest absolute Gasteiger partial charge is 0.411 e. The summed E-state index contributed by atoms with van der Waals surface area (Å²) in [7, 11) is 0. The number of halogens is 6. The molecule has 0 atom stereocenters. The lowest BCUT2D eigenvalue weighted by Crippen LogP contribution is -2.54. The van der Waals surface area contributed by atoms with Crippen LogP contribution in [-0.4, -0.2) is 26.1 Å². The molecular weight excluding hydrogens is 1850 g/mol. The van der Waals surface area contributed by atoms with Gasteiger partial charge >= 0.3 is 12.4 Å². The number of para-hydroxylation sites is 1. The van der Waals surface area contributed by atoms with E-state index >= 15 is 26.3 Å². The van der Waals surface area contributed by atoms with Crippen LogP contribution in [0.4, 0.5) is 26.3 Å². The second-order valence-electron chi connectivity index (χ2n) is 38.7. The lowest BCUT2D eigenvalue weighted by Gasteiger charge is -2.38. The molecule has 0 aliphatic rings. The Kier molecular flexibility index (Phi) is 22.8. The highest BCUT2D eigenvalue weighted by Crippen LogP contribution is 2.59. The highest BCUT2D eigenvalue weighted by atomic mass is 19.4. The van der Waals surface area contributed by atoms with Crippen LogP contribution in [0.3, 0.4) is 0 Å². The Bertz CT molecular complexity index is 9390. The first-order valence-corrected chi connectivity index (χ1v) is 50.5. The Morgan fingerprint density at radius 1 is 0.120 bits per heavy atom. The third-order valence-electron chi connectivity index (χ3n) is 30.0.